The summed E-state index contributed by atoms with van der Waals surface area (Å²) in [5, 5.41) is 8.86. The van der Waals surface area contributed by atoms with Crippen LogP contribution in [0.1, 0.15) is 42.9 Å². The zero-order valence-corrected chi connectivity index (χ0v) is 23.1. The van der Waals surface area contributed by atoms with Gasteiger partial charge >= 0.3 is 6.18 Å². The lowest BCUT2D eigenvalue weighted by atomic mass is 9.90. The number of nitrogens with one attached hydrogen (secondary N) is 1. The van der Waals surface area contributed by atoms with Gasteiger partial charge in [0.2, 0.25) is 0 Å². The number of likely N-dealkylation sites (N-methyl/N-ethyl adjacent to an activating group) is 1. The second-order valence-corrected chi connectivity index (χ2v) is 11.1. The number of nitrogen functional groups attached to an aromatic ring is 1. The molecule has 1 aliphatic carbocycles. The quantitative estimate of drug-likeness (QED) is 0.323. The number of halogens is 3. The number of hydrogen-bond donors (Lipinski definition) is 2. The van der Waals surface area contributed by atoms with Gasteiger partial charge in [0.05, 0.1) is 17.0 Å². The van der Waals surface area contributed by atoms with Crippen LogP contribution in [0.25, 0.3) is 22.3 Å². The summed E-state index contributed by atoms with van der Waals surface area (Å²) in [6.45, 7) is 4.56. The summed E-state index contributed by atoms with van der Waals surface area (Å²) in [6, 6.07) is 14.0. The highest BCUT2D eigenvalue weighted by Crippen LogP contribution is 2.37. The molecule has 41 heavy (non-hydrogen) atoms. The van der Waals surface area contributed by atoms with Crippen LogP contribution in [0, 0.1) is 0 Å². The van der Waals surface area contributed by atoms with E-state index < -0.39 is 11.7 Å². The molecule has 0 bridgehead atoms. The van der Waals surface area contributed by atoms with Gasteiger partial charge in [-0.2, -0.15) is 18.3 Å². The highest BCUT2D eigenvalue weighted by atomic mass is 19.4. The summed E-state index contributed by atoms with van der Waals surface area (Å²) in [6.07, 6.45) is 1.40. The van der Waals surface area contributed by atoms with E-state index in [1.807, 2.05) is 28.9 Å². The lowest BCUT2D eigenvalue weighted by Gasteiger charge is -2.41. The minimum absolute atomic E-state index is 0.0597. The average Bonchev–Trinajstić information content (AvgIpc) is 3.38. The predicted octanol–water partition coefficient (Wildman–Crippen LogP) is 5.44. The Kier molecular flexibility index (Phi) is 7.56. The van der Waals surface area contributed by atoms with Crippen molar-refractivity contribution in [2.75, 3.05) is 44.3 Å². The maximum atomic E-state index is 13.4. The molecule has 2 fully saturated rings. The number of anilines is 2. The molecule has 0 unspecified atom stereocenters. The summed E-state index contributed by atoms with van der Waals surface area (Å²) >= 11 is 0. The third-order valence-electron chi connectivity index (χ3n) is 8.55. The van der Waals surface area contributed by atoms with Gasteiger partial charge in [-0.3, -0.25) is 4.90 Å². The van der Waals surface area contributed by atoms with Crippen molar-refractivity contribution in [3.63, 3.8) is 0 Å². The normalized spacial score (nSPS) is 20.9. The first-order valence-electron chi connectivity index (χ1n) is 14.2. The maximum Gasteiger partial charge on any atom is 0.416 e. The Balaban J connectivity index is 1.19. The number of piperazine rings is 1. The summed E-state index contributed by atoms with van der Waals surface area (Å²) in [4.78, 5) is 13.8. The van der Waals surface area contributed by atoms with E-state index in [4.69, 9.17) is 10.8 Å². The van der Waals surface area contributed by atoms with Crippen LogP contribution in [0.2, 0.25) is 0 Å². The molecular formula is C30H35F3N8. The van der Waals surface area contributed by atoms with E-state index in [0.717, 1.165) is 74.5 Å². The van der Waals surface area contributed by atoms with Crippen LogP contribution < -0.4 is 11.1 Å². The first kappa shape index (κ1) is 27.5. The van der Waals surface area contributed by atoms with Crippen LogP contribution in [0.15, 0.2) is 54.9 Å². The van der Waals surface area contributed by atoms with Gasteiger partial charge in [-0.1, -0.05) is 30.3 Å². The van der Waals surface area contributed by atoms with Gasteiger partial charge in [0.1, 0.15) is 17.8 Å². The van der Waals surface area contributed by atoms with Gasteiger partial charge < -0.3 is 16.0 Å². The van der Waals surface area contributed by atoms with E-state index in [0.29, 0.717) is 23.2 Å². The molecule has 1 saturated heterocycles. The molecule has 0 radical (unpaired) electrons. The highest BCUT2D eigenvalue weighted by Gasteiger charge is 2.33. The molecule has 3 N–H and O–H groups in total. The fourth-order valence-corrected chi connectivity index (χ4v) is 6.20. The van der Waals surface area contributed by atoms with Crippen LogP contribution in [-0.2, 0) is 12.7 Å². The number of benzene rings is 2. The molecular weight excluding hydrogens is 529 g/mol. The van der Waals surface area contributed by atoms with E-state index >= 15 is 0 Å². The van der Waals surface area contributed by atoms with E-state index in [1.54, 1.807) is 6.07 Å². The smallest absolute Gasteiger partial charge is 0.383 e. The molecule has 2 aromatic heterocycles. The van der Waals surface area contributed by atoms with Crippen molar-refractivity contribution in [2.45, 2.75) is 50.5 Å². The molecule has 11 heteroatoms. The Bertz CT molecular complexity index is 1480. The number of nitrogens with zero attached hydrogens (tertiary/aromatic N) is 6. The molecule has 0 atom stereocenters. The third-order valence-corrected chi connectivity index (χ3v) is 8.55. The molecule has 6 rings (SSSR count). The van der Waals surface area contributed by atoms with Gasteiger partial charge in [0.15, 0.2) is 5.65 Å². The maximum absolute atomic E-state index is 13.4. The number of rotatable bonds is 6. The number of hydrogen-bond acceptors (Lipinski definition) is 7. The van der Waals surface area contributed by atoms with Gasteiger partial charge in [0.25, 0.3) is 0 Å². The van der Waals surface area contributed by atoms with Crippen molar-refractivity contribution in [2.24, 2.45) is 0 Å². The minimum atomic E-state index is -4.40. The van der Waals surface area contributed by atoms with E-state index in [9.17, 15) is 13.2 Å². The van der Waals surface area contributed by atoms with Gasteiger partial charge in [0, 0.05) is 50.0 Å². The van der Waals surface area contributed by atoms with E-state index in [1.165, 1.54) is 18.5 Å². The van der Waals surface area contributed by atoms with E-state index in [2.05, 4.69) is 32.1 Å². The zero-order valence-electron chi connectivity index (χ0n) is 23.1. The SMILES string of the molecule is CN1CCN([C@H]2CC[C@@H](n3nc(-c4ccc(NCc5ccccc5C(F)(F)F)cc4)c4c(N)ncnc43)CC2)CC1. The summed E-state index contributed by atoms with van der Waals surface area (Å²) in [5.41, 5.74) is 8.92. The number of alkyl halides is 3. The van der Waals surface area contributed by atoms with Crippen molar-refractivity contribution in [3.05, 3.63) is 66.0 Å². The number of fused-ring (bicyclic) bond motifs is 1. The number of nitrogens with two attached hydrogens (primary N) is 1. The Labute approximate surface area is 237 Å². The lowest BCUT2D eigenvalue weighted by Crippen LogP contribution is -2.49. The first-order valence-corrected chi connectivity index (χ1v) is 14.2. The summed E-state index contributed by atoms with van der Waals surface area (Å²) in [5.74, 6) is 0.383. The molecule has 2 aliphatic rings. The molecule has 1 aliphatic heterocycles. The van der Waals surface area contributed by atoms with Gasteiger partial charge in [-0.05, 0) is 56.5 Å². The monoisotopic (exact) mass is 564 g/mol. The van der Waals surface area contributed by atoms with Crippen molar-refractivity contribution >= 4 is 22.5 Å². The van der Waals surface area contributed by atoms with Crippen molar-refractivity contribution in [3.8, 4) is 11.3 Å². The molecule has 3 heterocycles. The molecule has 0 amide bonds. The third kappa shape index (κ3) is 5.73. The Morgan fingerprint density at radius 3 is 2.29 bits per heavy atom. The van der Waals surface area contributed by atoms with Crippen molar-refractivity contribution in [1.29, 1.82) is 0 Å². The lowest BCUT2D eigenvalue weighted by molar-refractivity contribution is -0.138. The van der Waals surface area contributed by atoms with Gasteiger partial charge in [-0.15, -0.1) is 0 Å². The predicted molar refractivity (Wildman–Crippen MR) is 154 cm³/mol. The standard InChI is InChI=1S/C30H35F3N8/c1-39-14-16-40(17-15-39)23-10-12-24(13-11-23)41-29-26(28(34)36-19-37-29)27(38-41)20-6-8-22(9-7-20)35-18-21-4-2-3-5-25(21)30(31,32)33/h2-9,19,23-24,35H,10-18H2,1H3,(H2,34,36,37)/t23-,24+. The molecule has 216 valence electrons. The second kappa shape index (κ2) is 11.3. The first-order chi connectivity index (χ1) is 19.8. The largest absolute Gasteiger partial charge is 0.416 e. The Hall–Kier alpha value is -3.70. The topological polar surface area (TPSA) is 88.1 Å². The minimum Gasteiger partial charge on any atom is -0.383 e. The zero-order chi connectivity index (χ0) is 28.6. The van der Waals surface area contributed by atoms with Crippen molar-refractivity contribution in [1.82, 2.24) is 29.5 Å². The number of aromatic nitrogens is 4. The molecule has 4 aromatic rings. The van der Waals surface area contributed by atoms with Crippen molar-refractivity contribution < 1.29 is 13.2 Å². The van der Waals surface area contributed by atoms with Gasteiger partial charge in [-0.25, -0.2) is 14.6 Å². The Morgan fingerprint density at radius 1 is 0.902 bits per heavy atom. The molecule has 1 saturated carbocycles. The van der Waals surface area contributed by atoms with E-state index in [-0.39, 0.29) is 18.2 Å². The Morgan fingerprint density at radius 2 is 1.59 bits per heavy atom. The fraction of sp³-hybridized carbons (Fsp3) is 0.433. The van der Waals surface area contributed by atoms with Crippen LogP contribution in [0.5, 0.6) is 0 Å². The highest BCUT2D eigenvalue weighted by molar-refractivity contribution is 5.98. The summed E-state index contributed by atoms with van der Waals surface area (Å²) in [7, 11) is 2.18. The molecule has 2 aromatic carbocycles. The fourth-order valence-electron chi connectivity index (χ4n) is 6.20. The molecule has 8 nitrogen and oxygen atoms in total. The van der Waals surface area contributed by atoms with Crippen LogP contribution in [0.3, 0.4) is 0 Å². The van der Waals surface area contributed by atoms with Crippen LogP contribution in [-0.4, -0.2) is 68.8 Å². The van der Waals surface area contributed by atoms with Crippen LogP contribution in [0.4, 0.5) is 24.7 Å². The summed E-state index contributed by atoms with van der Waals surface area (Å²) < 4.78 is 42.1. The molecule has 0 spiro atoms. The van der Waals surface area contributed by atoms with Crippen LogP contribution >= 0.6 is 0 Å². The second-order valence-electron chi connectivity index (χ2n) is 11.1. The average molecular weight is 565 g/mol.